The first-order chi connectivity index (χ1) is 11.6. The molecule has 0 unspecified atom stereocenters. The van der Waals surface area contributed by atoms with E-state index in [0.717, 1.165) is 17.0 Å². The summed E-state index contributed by atoms with van der Waals surface area (Å²) in [5.74, 6) is 0. The van der Waals surface area contributed by atoms with Crippen molar-refractivity contribution in [1.82, 2.24) is 8.87 Å². The third-order valence-corrected chi connectivity index (χ3v) is 7.03. The van der Waals surface area contributed by atoms with Gasteiger partial charge < -0.3 is 10.5 Å². The number of rotatable bonds is 3. The highest BCUT2D eigenvalue weighted by molar-refractivity contribution is 7.90. The molecule has 0 aliphatic carbocycles. The number of primary amides is 1. The monoisotopic (exact) mass is 387 g/mol. The molecule has 1 fully saturated rings. The standard InChI is InChI=1S/C14H17N3O6S2/c1-24(19,20)10-2-3-12-11(8-10)13(9-17(12)14(15)18)25(21,22)16-4-6-23-7-5-16/h2-3,8-9H,4-7H2,1H3,(H2,15,18). The third-order valence-electron chi connectivity index (χ3n) is 3.99. The highest BCUT2D eigenvalue weighted by Gasteiger charge is 2.30. The molecule has 0 bridgehead atoms. The van der Waals surface area contributed by atoms with E-state index in [1.165, 1.54) is 22.5 Å². The van der Waals surface area contributed by atoms with Crippen LogP contribution in [-0.4, -0.2) is 64.3 Å². The number of carbonyl (C=O) groups excluding carboxylic acids is 1. The maximum absolute atomic E-state index is 13.0. The quantitative estimate of drug-likeness (QED) is 0.789. The number of aromatic nitrogens is 1. The van der Waals surface area contributed by atoms with Gasteiger partial charge in [-0.25, -0.2) is 21.6 Å². The molecule has 1 saturated heterocycles. The normalized spacial score (nSPS) is 17.0. The van der Waals surface area contributed by atoms with Gasteiger partial charge >= 0.3 is 6.03 Å². The van der Waals surface area contributed by atoms with E-state index in [-0.39, 0.29) is 47.0 Å². The van der Waals surface area contributed by atoms with Gasteiger partial charge in [-0.2, -0.15) is 4.31 Å². The topological polar surface area (TPSA) is 129 Å². The molecule has 1 amide bonds. The largest absolute Gasteiger partial charge is 0.379 e. The zero-order chi connectivity index (χ0) is 18.4. The van der Waals surface area contributed by atoms with Crippen molar-refractivity contribution in [3.8, 4) is 0 Å². The van der Waals surface area contributed by atoms with Crippen molar-refractivity contribution in [2.45, 2.75) is 9.79 Å². The molecular formula is C14H17N3O6S2. The first-order valence-electron chi connectivity index (χ1n) is 7.35. The number of carbonyl (C=O) groups is 1. The molecule has 2 aromatic rings. The molecular weight excluding hydrogens is 370 g/mol. The number of sulfonamides is 1. The molecule has 2 N–H and O–H groups in total. The predicted molar refractivity (Wildman–Crippen MR) is 89.6 cm³/mol. The van der Waals surface area contributed by atoms with Crippen LogP contribution in [0.25, 0.3) is 10.9 Å². The smallest absolute Gasteiger partial charge is 0.323 e. The lowest BCUT2D eigenvalue weighted by Gasteiger charge is -2.25. The molecule has 0 saturated carbocycles. The maximum atomic E-state index is 13.0. The molecule has 11 heteroatoms. The minimum Gasteiger partial charge on any atom is -0.379 e. The van der Waals surface area contributed by atoms with Crippen LogP contribution in [0.3, 0.4) is 0 Å². The number of morpholine rings is 1. The van der Waals surface area contributed by atoms with Crippen molar-refractivity contribution in [3.63, 3.8) is 0 Å². The van der Waals surface area contributed by atoms with Gasteiger partial charge in [0.1, 0.15) is 4.90 Å². The van der Waals surface area contributed by atoms with E-state index in [4.69, 9.17) is 10.5 Å². The van der Waals surface area contributed by atoms with Gasteiger partial charge in [0.15, 0.2) is 9.84 Å². The van der Waals surface area contributed by atoms with Crippen molar-refractivity contribution in [3.05, 3.63) is 24.4 Å². The van der Waals surface area contributed by atoms with E-state index < -0.39 is 25.9 Å². The number of hydrogen-bond donors (Lipinski definition) is 1. The van der Waals surface area contributed by atoms with Crippen molar-refractivity contribution >= 4 is 36.8 Å². The Morgan fingerprint density at radius 3 is 2.36 bits per heavy atom. The fraction of sp³-hybridized carbons (Fsp3) is 0.357. The van der Waals surface area contributed by atoms with Crippen LogP contribution >= 0.6 is 0 Å². The van der Waals surface area contributed by atoms with Crippen LogP contribution in [-0.2, 0) is 24.6 Å². The molecule has 1 aliphatic rings. The van der Waals surface area contributed by atoms with Crippen molar-refractivity contribution < 1.29 is 26.4 Å². The van der Waals surface area contributed by atoms with E-state index in [1.54, 1.807) is 0 Å². The lowest BCUT2D eigenvalue weighted by Crippen LogP contribution is -2.40. The number of nitrogens with zero attached hydrogens (tertiary/aromatic N) is 2. The summed E-state index contributed by atoms with van der Waals surface area (Å²) in [5, 5.41) is 0.133. The zero-order valence-electron chi connectivity index (χ0n) is 13.4. The molecule has 0 radical (unpaired) electrons. The van der Waals surface area contributed by atoms with Gasteiger partial charge in [0, 0.05) is 30.9 Å². The SMILES string of the molecule is CS(=O)(=O)c1ccc2c(c1)c(S(=O)(=O)N1CCOCC1)cn2C(N)=O. The van der Waals surface area contributed by atoms with Crippen LogP contribution in [0.15, 0.2) is 34.2 Å². The Hall–Kier alpha value is -1.95. The van der Waals surface area contributed by atoms with Crippen LogP contribution in [0.5, 0.6) is 0 Å². The predicted octanol–water partition coefficient (Wildman–Crippen LogP) is -0.00750. The summed E-state index contributed by atoms with van der Waals surface area (Å²) in [7, 11) is -7.48. The molecule has 3 rings (SSSR count). The van der Waals surface area contributed by atoms with Gasteiger partial charge in [-0.3, -0.25) is 4.57 Å². The molecule has 0 spiro atoms. The number of amides is 1. The summed E-state index contributed by atoms with van der Waals surface area (Å²) in [6.45, 7) is 0.888. The van der Waals surface area contributed by atoms with Crippen molar-refractivity contribution in [2.24, 2.45) is 5.73 Å². The van der Waals surface area contributed by atoms with Crippen LogP contribution in [0.1, 0.15) is 0 Å². The molecule has 25 heavy (non-hydrogen) atoms. The fourth-order valence-corrected chi connectivity index (χ4v) is 4.96. The Morgan fingerprint density at radius 1 is 1.16 bits per heavy atom. The molecule has 1 aromatic heterocycles. The maximum Gasteiger partial charge on any atom is 0.323 e. The Bertz CT molecular complexity index is 1050. The number of benzene rings is 1. The van der Waals surface area contributed by atoms with E-state index in [2.05, 4.69) is 0 Å². The summed E-state index contributed by atoms with van der Waals surface area (Å²) in [6.07, 6.45) is 2.15. The Kier molecular flexibility index (Phi) is 4.35. The summed E-state index contributed by atoms with van der Waals surface area (Å²) in [6, 6.07) is 3.06. The first kappa shape index (κ1) is 17.9. The number of hydrogen-bond acceptors (Lipinski definition) is 6. The van der Waals surface area contributed by atoms with Crippen LogP contribution in [0.2, 0.25) is 0 Å². The average molecular weight is 387 g/mol. The average Bonchev–Trinajstić information content (AvgIpc) is 2.94. The summed E-state index contributed by atoms with van der Waals surface area (Å²) in [4.78, 5) is 11.5. The lowest BCUT2D eigenvalue weighted by molar-refractivity contribution is 0.0730. The van der Waals surface area contributed by atoms with Gasteiger partial charge in [-0.1, -0.05) is 0 Å². The molecule has 1 aromatic carbocycles. The minimum absolute atomic E-state index is 0.0411. The van der Waals surface area contributed by atoms with E-state index in [1.807, 2.05) is 0 Å². The number of nitrogens with two attached hydrogens (primary N) is 1. The van der Waals surface area contributed by atoms with Crippen LogP contribution in [0.4, 0.5) is 4.79 Å². The highest BCUT2D eigenvalue weighted by atomic mass is 32.2. The van der Waals surface area contributed by atoms with E-state index in [9.17, 15) is 21.6 Å². The second-order valence-corrected chi connectivity index (χ2v) is 9.59. The Morgan fingerprint density at radius 2 is 1.80 bits per heavy atom. The zero-order valence-corrected chi connectivity index (χ0v) is 15.0. The lowest BCUT2D eigenvalue weighted by atomic mass is 10.2. The van der Waals surface area contributed by atoms with Gasteiger partial charge in [-0.05, 0) is 18.2 Å². The molecule has 1 aliphatic heterocycles. The Balaban J connectivity index is 2.27. The van der Waals surface area contributed by atoms with Gasteiger partial charge in [0.25, 0.3) is 0 Å². The number of ether oxygens (including phenoxy) is 1. The van der Waals surface area contributed by atoms with Crippen LogP contribution in [0, 0.1) is 0 Å². The van der Waals surface area contributed by atoms with E-state index >= 15 is 0 Å². The van der Waals surface area contributed by atoms with Crippen LogP contribution < -0.4 is 5.73 Å². The van der Waals surface area contributed by atoms with E-state index in [0.29, 0.717) is 0 Å². The Labute approximate surface area is 144 Å². The molecule has 9 nitrogen and oxygen atoms in total. The van der Waals surface area contributed by atoms with Gasteiger partial charge in [-0.15, -0.1) is 0 Å². The minimum atomic E-state index is -3.93. The first-order valence-corrected chi connectivity index (χ1v) is 10.7. The second-order valence-electron chi connectivity index (χ2n) is 5.67. The third kappa shape index (κ3) is 3.15. The van der Waals surface area contributed by atoms with Crippen molar-refractivity contribution in [1.29, 1.82) is 0 Å². The summed E-state index contributed by atoms with van der Waals surface area (Å²) < 4.78 is 56.9. The molecule has 2 heterocycles. The van der Waals surface area contributed by atoms with Crippen molar-refractivity contribution in [2.75, 3.05) is 32.6 Å². The second kappa shape index (κ2) is 6.09. The highest BCUT2D eigenvalue weighted by Crippen LogP contribution is 2.30. The molecule has 0 atom stereocenters. The number of fused-ring (bicyclic) bond motifs is 1. The molecule has 136 valence electrons. The summed E-state index contributed by atoms with van der Waals surface area (Å²) >= 11 is 0. The van der Waals surface area contributed by atoms with Gasteiger partial charge in [0.05, 0.1) is 23.6 Å². The fourth-order valence-electron chi connectivity index (χ4n) is 2.72. The summed E-state index contributed by atoms with van der Waals surface area (Å²) in [5.41, 5.74) is 5.54. The van der Waals surface area contributed by atoms with Gasteiger partial charge in [0.2, 0.25) is 10.0 Å². The number of sulfone groups is 1.